The van der Waals surface area contributed by atoms with Crippen LogP contribution in [0.25, 0.3) is 11.3 Å². The molecule has 2 rings (SSSR count). The van der Waals surface area contributed by atoms with E-state index in [4.69, 9.17) is 11.0 Å². The van der Waals surface area contributed by atoms with Crippen LogP contribution in [0.2, 0.25) is 0 Å². The number of aromatic nitrogens is 2. The fourth-order valence-electron chi connectivity index (χ4n) is 1.77. The standard InChI is InChI=1S/C13H12N4/c1-8-5-10(7-14)3-4-11(8)13-9(2)6-12(15)16-17-13/h3-6H,1-2H3,(H2,15,16). The van der Waals surface area contributed by atoms with E-state index in [1.165, 1.54) is 0 Å². The van der Waals surface area contributed by atoms with Crippen LogP contribution in [0.3, 0.4) is 0 Å². The Morgan fingerprint density at radius 2 is 1.88 bits per heavy atom. The van der Waals surface area contributed by atoms with Gasteiger partial charge in [0, 0.05) is 5.56 Å². The van der Waals surface area contributed by atoms with Crippen LogP contribution in [-0.4, -0.2) is 10.2 Å². The number of nitrogens with two attached hydrogens (primary N) is 1. The predicted molar refractivity (Wildman–Crippen MR) is 66.1 cm³/mol. The predicted octanol–water partition coefficient (Wildman–Crippen LogP) is 2.21. The molecule has 0 radical (unpaired) electrons. The minimum absolute atomic E-state index is 0.414. The number of aryl methyl sites for hydroxylation is 2. The zero-order valence-electron chi connectivity index (χ0n) is 9.73. The second-order valence-electron chi connectivity index (χ2n) is 3.94. The topological polar surface area (TPSA) is 75.6 Å². The number of hydrogen-bond acceptors (Lipinski definition) is 4. The lowest BCUT2D eigenvalue weighted by molar-refractivity contribution is 1.03. The zero-order chi connectivity index (χ0) is 12.4. The van der Waals surface area contributed by atoms with Crippen molar-refractivity contribution in [3.8, 4) is 17.3 Å². The van der Waals surface area contributed by atoms with Crippen LogP contribution in [-0.2, 0) is 0 Å². The first kappa shape index (κ1) is 11.1. The van der Waals surface area contributed by atoms with Gasteiger partial charge in [-0.15, -0.1) is 10.2 Å². The Bertz CT molecular complexity index is 611. The minimum atomic E-state index is 0.414. The first-order chi connectivity index (χ1) is 8.11. The molecule has 0 saturated carbocycles. The van der Waals surface area contributed by atoms with E-state index in [0.29, 0.717) is 11.4 Å². The average Bonchev–Trinajstić information content (AvgIpc) is 2.30. The van der Waals surface area contributed by atoms with E-state index in [2.05, 4.69) is 16.3 Å². The van der Waals surface area contributed by atoms with Gasteiger partial charge in [-0.05, 0) is 43.2 Å². The third kappa shape index (κ3) is 2.08. The van der Waals surface area contributed by atoms with Crippen molar-refractivity contribution in [2.75, 3.05) is 5.73 Å². The Hall–Kier alpha value is -2.41. The lowest BCUT2D eigenvalue weighted by atomic mass is 10.0. The maximum atomic E-state index is 8.82. The number of nitrogens with zero attached hydrogens (tertiary/aromatic N) is 3. The smallest absolute Gasteiger partial charge is 0.146 e. The lowest BCUT2D eigenvalue weighted by Crippen LogP contribution is -1.98. The van der Waals surface area contributed by atoms with Gasteiger partial charge < -0.3 is 5.73 Å². The Morgan fingerprint density at radius 1 is 1.12 bits per heavy atom. The third-order valence-electron chi connectivity index (χ3n) is 2.61. The molecule has 0 aliphatic carbocycles. The van der Waals surface area contributed by atoms with Crippen molar-refractivity contribution in [1.29, 1.82) is 5.26 Å². The van der Waals surface area contributed by atoms with Gasteiger partial charge in [0.15, 0.2) is 0 Å². The van der Waals surface area contributed by atoms with Gasteiger partial charge in [-0.1, -0.05) is 6.07 Å². The van der Waals surface area contributed by atoms with E-state index in [-0.39, 0.29) is 0 Å². The van der Waals surface area contributed by atoms with Gasteiger partial charge in [0.05, 0.1) is 17.3 Å². The van der Waals surface area contributed by atoms with Crippen molar-refractivity contribution >= 4 is 5.82 Å². The summed E-state index contributed by atoms with van der Waals surface area (Å²) in [6.07, 6.45) is 0. The van der Waals surface area contributed by atoms with Crippen LogP contribution < -0.4 is 5.73 Å². The van der Waals surface area contributed by atoms with Gasteiger partial charge in [-0.3, -0.25) is 0 Å². The summed E-state index contributed by atoms with van der Waals surface area (Å²) in [6.45, 7) is 3.89. The van der Waals surface area contributed by atoms with E-state index in [9.17, 15) is 0 Å². The van der Waals surface area contributed by atoms with Crippen LogP contribution in [0.1, 0.15) is 16.7 Å². The molecule has 4 nitrogen and oxygen atoms in total. The highest BCUT2D eigenvalue weighted by molar-refractivity contribution is 5.68. The first-order valence-corrected chi connectivity index (χ1v) is 5.22. The second kappa shape index (κ2) is 4.22. The van der Waals surface area contributed by atoms with Crippen LogP contribution in [0.4, 0.5) is 5.82 Å². The summed E-state index contributed by atoms with van der Waals surface area (Å²) in [4.78, 5) is 0. The zero-order valence-corrected chi connectivity index (χ0v) is 9.73. The largest absolute Gasteiger partial charge is 0.382 e. The molecule has 0 atom stereocenters. The second-order valence-corrected chi connectivity index (χ2v) is 3.94. The number of nitrogen functional groups attached to an aromatic ring is 1. The first-order valence-electron chi connectivity index (χ1n) is 5.22. The molecule has 0 amide bonds. The fourth-order valence-corrected chi connectivity index (χ4v) is 1.77. The average molecular weight is 224 g/mol. The van der Waals surface area contributed by atoms with E-state index < -0.39 is 0 Å². The van der Waals surface area contributed by atoms with Gasteiger partial charge in [-0.2, -0.15) is 5.26 Å². The minimum Gasteiger partial charge on any atom is -0.382 e. The van der Waals surface area contributed by atoms with E-state index >= 15 is 0 Å². The highest BCUT2D eigenvalue weighted by Gasteiger charge is 2.08. The molecular formula is C13H12N4. The van der Waals surface area contributed by atoms with Crippen molar-refractivity contribution in [3.63, 3.8) is 0 Å². The Kier molecular flexibility index (Phi) is 2.75. The normalized spacial score (nSPS) is 9.94. The van der Waals surface area contributed by atoms with E-state index in [1.54, 1.807) is 12.1 Å². The molecule has 2 aromatic rings. The lowest BCUT2D eigenvalue weighted by Gasteiger charge is -2.08. The van der Waals surface area contributed by atoms with E-state index in [0.717, 1.165) is 22.4 Å². The molecule has 0 aliphatic heterocycles. The third-order valence-corrected chi connectivity index (χ3v) is 2.61. The number of benzene rings is 1. The number of nitriles is 1. The molecule has 2 N–H and O–H groups in total. The summed E-state index contributed by atoms with van der Waals surface area (Å²) < 4.78 is 0. The highest BCUT2D eigenvalue weighted by Crippen LogP contribution is 2.25. The van der Waals surface area contributed by atoms with Crippen molar-refractivity contribution in [2.45, 2.75) is 13.8 Å². The molecular weight excluding hydrogens is 212 g/mol. The van der Waals surface area contributed by atoms with Crippen molar-refractivity contribution in [3.05, 3.63) is 41.0 Å². The molecule has 4 heteroatoms. The Morgan fingerprint density at radius 3 is 2.47 bits per heavy atom. The molecule has 17 heavy (non-hydrogen) atoms. The Balaban J connectivity index is 2.58. The molecule has 0 fully saturated rings. The van der Waals surface area contributed by atoms with Gasteiger partial charge in [-0.25, -0.2) is 0 Å². The molecule has 0 unspecified atom stereocenters. The maximum absolute atomic E-state index is 8.82. The molecule has 0 bridgehead atoms. The summed E-state index contributed by atoms with van der Waals surface area (Å²) in [5, 5.41) is 16.8. The van der Waals surface area contributed by atoms with Crippen molar-refractivity contribution in [2.24, 2.45) is 0 Å². The van der Waals surface area contributed by atoms with Crippen LogP contribution >= 0.6 is 0 Å². The summed E-state index contributed by atoms with van der Waals surface area (Å²) in [5.41, 5.74) is 9.99. The molecule has 1 aromatic heterocycles. The summed E-state index contributed by atoms with van der Waals surface area (Å²) in [7, 11) is 0. The van der Waals surface area contributed by atoms with Gasteiger partial charge in [0.1, 0.15) is 5.82 Å². The van der Waals surface area contributed by atoms with Gasteiger partial charge >= 0.3 is 0 Å². The monoisotopic (exact) mass is 224 g/mol. The summed E-state index contributed by atoms with van der Waals surface area (Å²) >= 11 is 0. The summed E-state index contributed by atoms with van der Waals surface area (Å²) in [6, 6.07) is 9.41. The molecule has 0 aliphatic rings. The maximum Gasteiger partial charge on any atom is 0.146 e. The van der Waals surface area contributed by atoms with Gasteiger partial charge in [0.2, 0.25) is 0 Å². The quantitative estimate of drug-likeness (QED) is 0.805. The molecule has 84 valence electrons. The fraction of sp³-hybridized carbons (Fsp3) is 0.154. The van der Waals surface area contributed by atoms with Crippen LogP contribution in [0.5, 0.6) is 0 Å². The van der Waals surface area contributed by atoms with E-state index in [1.807, 2.05) is 26.0 Å². The molecule has 0 saturated heterocycles. The molecule has 0 spiro atoms. The van der Waals surface area contributed by atoms with Crippen molar-refractivity contribution in [1.82, 2.24) is 10.2 Å². The highest BCUT2D eigenvalue weighted by atomic mass is 15.1. The number of rotatable bonds is 1. The van der Waals surface area contributed by atoms with Crippen LogP contribution in [0, 0.1) is 25.2 Å². The Labute approximate surface area is 99.7 Å². The van der Waals surface area contributed by atoms with Gasteiger partial charge in [0.25, 0.3) is 0 Å². The molecule has 1 heterocycles. The molecule has 1 aromatic carbocycles. The summed E-state index contributed by atoms with van der Waals surface area (Å²) in [5.74, 6) is 0.414. The van der Waals surface area contributed by atoms with Crippen LogP contribution in [0.15, 0.2) is 24.3 Å². The SMILES string of the molecule is Cc1cc(C#N)ccc1-c1nnc(N)cc1C. The van der Waals surface area contributed by atoms with Crippen molar-refractivity contribution < 1.29 is 0 Å². The number of hydrogen-bond donors (Lipinski definition) is 1. The number of anilines is 1.